The number of hydrogen-bond donors (Lipinski definition) is 1. The van der Waals surface area contributed by atoms with Gasteiger partial charge in [0.25, 0.3) is 0 Å². The van der Waals surface area contributed by atoms with Gasteiger partial charge in [-0.05, 0) is 44.5 Å². The molecule has 1 aliphatic rings. The zero-order valence-electron chi connectivity index (χ0n) is 15.2. The fourth-order valence-corrected chi connectivity index (χ4v) is 3.28. The lowest BCUT2D eigenvalue weighted by molar-refractivity contribution is -0.122. The van der Waals surface area contributed by atoms with Crippen molar-refractivity contribution in [3.63, 3.8) is 0 Å². The van der Waals surface area contributed by atoms with E-state index < -0.39 is 5.92 Å². The van der Waals surface area contributed by atoms with E-state index in [0.717, 1.165) is 16.8 Å². The molecule has 1 N–H and O–H groups in total. The number of carbonyl (C=O) groups is 3. The van der Waals surface area contributed by atoms with Crippen LogP contribution in [0, 0.1) is 19.8 Å². The zero-order chi connectivity index (χ0) is 18.8. The molecule has 134 valence electrons. The minimum absolute atomic E-state index is 0.0467. The van der Waals surface area contributed by atoms with Crippen LogP contribution in [0.5, 0.6) is 0 Å². The maximum Gasteiger partial charge on any atom is 0.229 e. The molecule has 26 heavy (non-hydrogen) atoms. The van der Waals surface area contributed by atoms with Crippen molar-refractivity contribution >= 4 is 29.0 Å². The first-order valence-corrected chi connectivity index (χ1v) is 8.64. The Morgan fingerprint density at radius 1 is 1.12 bits per heavy atom. The molecule has 0 saturated carbocycles. The monoisotopic (exact) mass is 350 g/mol. The van der Waals surface area contributed by atoms with Crippen molar-refractivity contribution in [2.75, 3.05) is 16.8 Å². The molecule has 2 aromatic rings. The Kier molecular flexibility index (Phi) is 4.89. The third-order valence-electron chi connectivity index (χ3n) is 4.68. The summed E-state index contributed by atoms with van der Waals surface area (Å²) < 4.78 is 0. The molecular weight excluding hydrogens is 328 g/mol. The number of anilines is 2. The van der Waals surface area contributed by atoms with Gasteiger partial charge in [0.15, 0.2) is 5.78 Å². The highest BCUT2D eigenvalue weighted by Gasteiger charge is 2.35. The van der Waals surface area contributed by atoms with Crippen LogP contribution in [0.3, 0.4) is 0 Å². The normalized spacial score (nSPS) is 16.7. The molecule has 0 aromatic heterocycles. The number of ketones is 1. The topological polar surface area (TPSA) is 66.5 Å². The summed E-state index contributed by atoms with van der Waals surface area (Å²) in [4.78, 5) is 38.2. The average molecular weight is 350 g/mol. The predicted molar refractivity (Wildman–Crippen MR) is 101 cm³/mol. The molecule has 0 spiro atoms. The van der Waals surface area contributed by atoms with E-state index in [4.69, 9.17) is 0 Å². The predicted octanol–water partition coefficient (Wildman–Crippen LogP) is 3.50. The van der Waals surface area contributed by atoms with Crippen molar-refractivity contribution < 1.29 is 14.4 Å². The van der Waals surface area contributed by atoms with Crippen LogP contribution < -0.4 is 10.2 Å². The largest absolute Gasteiger partial charge is 0.326 e. The van der Waals surface area contributed by atoms with E-state index in [1.54, 1.807) is 29.2 Å². The number of nitrogens with one attached hydrogen (secondary N) is 1. The fraction of sp³-hybridized carbons (Fsp3) is 0.286. The average Bonchev–Trinajstić information content (AvgIpc) is 2.97. The highest BCUT2D eigenvalue weighted by atomic mass is 16.2. The zero-order valence-corrected chi connectivity index (χ0v) is 15.2. The summed E-state index contributed by atoms with van der Waals surface area (Å²) in [5.74, 6) is -0.719. The lowest BCUT2D eigenvalue weighted by Gasteiger charge is -2.19. The van der Waals surface area contributed by atoms with E-state index in [1.807, 2.05) is 32.0 Å². The lowest BCUT2D eigenvalue weighted by Crippen LogP contribution is -2.28. The Balaban J connectivity index is 1.73. The number of aryl methyl sites for hydroxylation is 2. The Labute approximate surface area is 153 Å². The van der Waals surface area contributed by atoms with Crippen LogP contribution in [0.1, 0.15) is 34.8 Å². The third kappa shape index (κ3) is 3.67. The SMILES string of the molecule is CC(=O)c1cccc(NC(=O)[C@@H]2CC(=O)N(c3ccc(C)cc3C)C2)c1. The summed E-state index contributed by atoms with van der Waals surface area (Å²) >= 11 is 0. The van der Waals surface area contributed by atoms with Crippen molar-refractivity contribution in [1.82, 2.24) is 0 Å². The van der Waals surface area contributed by atoms with Crippen LogP contribution in [-0.4, -0.2) is 24.1 Å². The van der Waals surface area contributed by atoms with Crippen LogP contribution in [0.4, 0.5) is 11.4 Å². The van der Waals surface area contributed by atoms with Crippen molar-refractivity contribution in [2.24, 2.45) is 5.92 Å². The highest BCUT2D eigenvalue weighted by molar-refractivity contribution is 6.04. The summed E-state index contributed by atoms with van der Waals surface area (Å²) in [6.45, 7) is 5.82. The molecule has 1 fully saturated rings. The van der Waals surface area contributed by atoms with E-state index >= 15 is 0 Å². The van der Waals surface area contributed by atoms with Gasteiger partial charge < -0.3 is 10.2 Å². The molecule has 0 radical (unpaired) electrons. The van der Waals surface area contributed by atoms with Crippen molar-refractivity contribution in [2.45, 2.75) is 27.2 Å². The Hall–Kier alpha value is -2.95. The molecule has 2 aromatic carbocycles. The third-order valence-corrected chi connectivity index (χ3v) is 4.68. The van der Waals surface area contributed by atoms with E-state index in [9.17, 15) is 14.4 Å². The molecule has 1 heterocycles. The van der Waals surface area contributed by atoms with Gasteiger partial charge in [0.2, 0.25) is 11.8 Å². The molecule has 3 rings (SSSR count). The molecule has 5 heteroatoms. The highest BCUT2D eigenvalue weighted by Crippen LogP contribution is 2.29. The maximum absolute atomic E-state index is 12.6. The number of Topliss-reactive ketones (excluding diaryl/α,β-unsaturated/α-hetero) is 1. The molecular formula is C21H22N2O3. The Morgan fingerprint density at radius 3 is 2.58 bits per heavy atom. The van der Waals surface area contributed by atoms with Crippen molar-refractivity contribution in [3.8, 4) is 0 Å². The first-order chi connectivity index (χ1) is 12.3. The molecule has 0 unspecified atom stereocenters. The number of amides is 2. The van der Waals surface area contributed by atoms with Crippen molar-refractivity contribution in [1.29, 1.82) is 0 Å². The molecule has 1 aliphatic heterocycles. The molecule has 0 aliphatic carbocycles. The fourth-order valence-electron chi connectivity index (χ4n) is 3.28. The van der Waals surface area contributed by atoms with Gasteiger partial charge in [-0.2, -0.15) is 0 Å². The number of rotatable bonds is 4. The molecule has 1 atom stereocenters. The van der Waals surface area contributed by atoms with Gasteiger partial charge in [-0.15, -0.1) is 0 Å². The van der Waals surface area contributed by atoms with E-state index in [2.05, 4.69) is 5.32 Å². The van der Waals surface area contributed by atoms with Gasteiger partial charge in [-0.3, -0.25) is 14.4 Å². The van der Waals surface area contributed by atoms with E-state index in [1.165, 1.54) is 6.92 Å². The second-order valence-corrected chi connectivity index (χ2v) is 6.82. The number of benzene rings is 2. The van der Waals surface area contributed by atoms with Crippen LogP contribution in [0.15, 0.2) is 42.5 Å². The molecule has 0 bridgehead atoms. The number of hydrogen-bond acceptors (Lipinski definition) is 3. The molecule has 5 nitrogen and oxygen atoms in total. The first-order valence-electron chi connectivity index (χ1n) is 8.64. The summed E-state index contributed by atoms with van der Waals surface area (Å²) in [5.41, 5.74) is 4.13. The van der Waals surface area contributed by atoms with E-state index in [0.29, 0.717) is 17.8 Å². The number of carbonyl (C=O) groups excluding carboxylic acids is 3. The Morgan fingerprint density at radius 2 is 1.88 bits per heavy atom. The van der Waals surface area contributed by atoms with Gasteiger partial charge in [0.1, 0.15) is 0 Å². The van der Waals surface area contributed by atoms with Gasteiger partial charge in [0.05, 0.1) is 5.92 Å². The number of nitrogens with zero attached hydrogens (tertiary/aromatic N) is 1. The quantitative estimate of drug-likeness (QED) is 0.858. The lowest BCUT2D eigenvalue weighted by atomic mass is 10.1. The second-order valence-electron chi connectivity index (χ2n) is 6.82. The minimum Gasteiger partial charge on any atom is -0.326 e. The van der Waals surface area contributed by atoms with Crippen molar-refractivity contribution in [3.05, 3.63) is 59.2 Å². The summed E-state index contributed by atoms with van der Waals surface area (Å²) in [5, 5.41) is 2.83. The molecule has 1 saturated heterocycles. The van der Waals surface area contributed by atoms with Crippen LogP contribution in [-0.2, 0) is 9.59 Å². The van der Waals surface area contributed by atoms with Gasteiger partial charge in [0, 0.05) is 29.9 Å². The molecule has 2 amide bonds. The Bertz CT molecular complexity index is 889. The maximum atomic E-state index is 12.6. The summed E-state index contributed by atoms with van der Waals surface area (Å²) in [6, 6.07) is 12.8. The van der Waals surface area contributed by atoms with Crippen LogP contribution in [0.25, 0.3) is 0 Å². The van der Waals surface area contributed by atoms with E-state index in [-0.39, 0.29) is 24.0 Å². The van der Waals surface area contributed by atoms with Gasteiger partial charge >= 0.3 is 0 Å². The van der Waals surface area contributed by atoms with Gasteiger partial charge in [-0.1, -0.05) is 29.8 Å². The van der Waals surface area contributed by atoms with Crippen LogP contribution >= 0.6 is 0 Å². The smallest absolute Gasteiger partial charge is 0.229 e. The standard InChI is InChI=1S/C21H22N2O3/c1-13-7-8-19(14(2)9-13)23-12-17(11-20(23)25)21(26)22-18-6-4-5-16(10-18)15(3)24/h4-10,17H,11-12H2,1-3H3,(H,22,26)/t17-/m1/s1. The summed E-state index contributed by atoms with van der Waals surface area (Å²) in [6.07, 6.45) is 0.186. The summed E-state index contributed by atoms with van der Waals surface area (Å²) in [7, 11) is 0. The first kappa shape index (κ1) is 17.9. The van der Waals surface area contributed by atoms with Crippen LogP contribution in [0.2, 0.25) is 0 Å². The minimum atomic E-state index is -0.413. The second kappa shape index (κ2) is 7.12. The van der Waals surface area contributed by atoms with Gasteiger partial charge in [-0.25, -0.2) is 0 Å².